The van der Waals surface area contributed by atoms with Crippen LogP contribution in [0.2, 0.25) is 0 Å². The minimum atomic E-state index is -0.570. The first-order valence-electron chi connectivity index (χ1n) is 9.99. The van der Waals surface area contributed by atoms with Gasteiger partial charge >= 0.3 is 5.97 Å². The van der Waals surface area contributed by atoms with Crippen molar-refractivity contribution >= 4 is 23.6 Å². The molecule has 0 aliphatic carbocycles. The maximum Gasteiger partial charge on any atom is 0.333 e. The molecular weight excluding hydrogens is 378 g/mol. The standard InChI is InChI=1S/C20H35N3O6/c1-6-27-10-9-16(24)22-12-20(4,5)14-28-13-19(2,3)11-18(26)29-23-15(21)7-8-17(23)25/h21H,6-14H2,1-5H3,(H,22,24). The molecule has 2 N–H and O–H groups in total. The van der Waals surface area contributed by atoms with Gasteiger partial charge in [-0.1, -0.05) is 27.7 Å². The smallest absolute Gasteiger partial charge is 0.333 e. The molecule has 9 heteroatoms. The Balaban J connectivity index is 2.32. The van der Waals surface area contributed by atoms with Crippen molar-refractivity contribution in [2.45, 2.75) is 60.3 Å². The maximum absolute atomic E-state index is 12.1. The van der Waals surface area contributed by atoms with Crippen LogP contribution in [0, 0.1) is 16.2 Å². The number of carbonyl (C=O) groups is 3. The van der Waals surface area contributed by atoms with E-state index in [1.54, 1.807) is 0 Å². The van der Waals surface area contributed by atoms with Crippen LogP contribution in [0.25, 0.3) is 0 Å². The number of hydroxylamine groups is 2. The van der Waals surface area contributed by atoms with Crippen LogP contribution in [-0.2, 0) is 28.7 Å². The fourth-order valence-electron chi connectivity index (χ4n) is 2.65. The van der Waals surface area contributed by atoms with Crippen LogP contribution in [-0.4, -0.2) is 61.7 Å². The lowest BCUT2D eigenvalue weighted by Gasteiger charge is -2.29. The first-order chi connectivity index (χ1) is 13.5. The van der Waals surface area contributed by atoms with Crippen molar-refractivity contribution in [3.63, 3.8) is 0 Å². The van der Waals surface area contributed by atoms with Gasteiger partial charge in [-0.15, -0.1) is 5.06 Å². The molecule has 0 radical (unpaired) electrons. The molecule has 29 heavy (non-hydrogen) atoms. The number of ether oxygens (including phenoxy) is 2. The molecule has 1 rings (SSSR count). The summed E-state index contributed by atoms with van der Waals surface area (Å²) in [7, 11) is 0. The Morgan fingerprint density at radius 3 is 2.34 bits per heavy atom. The van der Waals surface area contributed by atoms with Gasteiger partial charge in [0.25, 0.3) is 5.91 Å². The summed E-state index contributed by atoms with van der Waals surface area (Å²) in [6.07, 6.45) is 0.862. The van der Waals surface area contributed by atoms with Gasteiger partial charge in [-0.3, -0.25) is 15.0 Å². The van der Waals surface area contributed by atoms with E-state index in [1.807, 2.05) is 34.6 Å². The van der Waals surface area contributed by atoms with E-state index in [4.69, 9.17) is 19.7 Å². The Labute approximate surface area is 172 Å². The van der Waals surface area contributed by atoms with Gasteiger partial charge in [0, 0.05) is 37.8 Å². The first-order valence-corrected chi connectivity index (χ1v) is 9.99. The minimum Gasteiger partial charge on any atom is -0.381 e. The van der Waals surface area contributed by atoms with Gasteiger partial charge in [-0.05, 0) is 12.3 Å². The molecule has 1 fully saturated rings. The predicted molar refractivity (Wildman–Crippen MR) is 107 cm³/mol. The molecule has 166 valence electrons. The van der Waals surface area contributed by atoms with Gasteiger partial charge in [0.05, 0.1) is 26.2 Å². The molecule has 0 saturated carbocycles. The van der Waals surface area contributed by atoms with Crippen molar-refractivity contribution in [1.82, 2.24) is 10.4 Å². The summed E-state index contributed by atoms with van der Waals surface area (Å²) in [6.45, 7) is 11.8. The third-order valence-corrected chi connectivity index (χ3v) is 4.29. The third kappa shape index (κ3) is 9.85. The van der Waals surface area contributed by atoms with Crippen LogP contribution >= 0.6 is 0 Å². The number of amidine groups is 1. The molecule has 0 unspecified atom stereocenters. The first kappa shape index (κ1) is 25.0. The molecule has 1 aliphatic heterocycles. The lowest BCUT2D eigenvalue weighted by molar-refractivity contribution is -0.182. The summed E-state index contributed by atoms with van der Waals surface area (Å²) in [5, 5.41) is 11.3. The van der Waals surface area contributed by atoms with E-state index in [1.165, 1.54) is 0 Å². The fourth-order valence-corrected chi connectivity index (χ4v) is 2.65. The van der Waals surface area contributed by atoms with E-state index >= 15 is 0 Å². The van der Waals surface area contributed by atoms with E-state index in [0.29, 0.717) is 39.4 Å². The second kappa shape index (κ2) is 11.3. The van der Waals surface area contributed by atoms with Crippen molar-refractivity contribution in [3.8, 4) is 0 Å². The van der Waals surface area contributed by atoms with E-state index in [-0.39, 0.29) is 42.3 Å². The van der Waals surface area contributed by atoms with Crippen LogP contribution in [0.1, 0.15) is 60.3 Å². The summed E-state index contributed by atoms with van der Waals surface area (Å²) < 4.78 is 11.0. The van der Waals surface area contributed by atoms with E-state index in [0.717, 1.165) is 5.06 Å². The van der Waals surface area contributed by atoms with Crippen molar-refractivity contribution in [2.75, 3.05) is 33.0 Å². The largest absolute Gasteiger partial charge is 0.381 e. The molecule has 0 aromatic carbocycles. The number of nitrogens with zero attached hydrogens (tertiary/aromatic N) is 1. The molecule has 1 aliphatic rings. The SMILES string of the molecule is CCOCCC(=O)NCC(C)(C)COCC(C)(C)CC(=O)ON1C(=N)CCC1=O. The molecule has 0 spiro atoms. The number of rotatable bonds is 13. The van der Waals surface area contributed by atoms with Crippen molar-refractivity contribution in [3.05, 3.63) is 0 Å². The van der Waals surface area contributed by atoms with Crippen molar-refractivity contribution < 1.29 is 28.7 Å². The highest BCUT2D eigenvalue weighted by Gasteiger charge is 2.32. The fraction of sp³-hybridized carbons (Fsp3) is 0.800. The topological polar surface area (TPSA) is 118 Å². The number of nitrogens with one attached hydrogen (secondary N) is 2. The quantitative estimate of drug-likeness (QED) is 0.446. The van der Waals surface area contributed by atoms with Gasteiger partial charge in [-0.25, -0.2) is 4.79 Å². The van der Waals surface area contributed by atoms with Gasteiger partial charge in [0.2, 0.25) is 5.91 Å². The van der Waals surface area contributed by atoms with Crippen LogP contribution < -0.4 is 5.32 Å². The van der Waals surface area contributed by atoms with Gasteiger partial charge < -0.3 is 19.6 Å². The monoisotopic (exact) mass is 413 g/mol. The normalized spacial score (nSPS) is 15.0. The van der Waals surface area contributed by atoms with Crippen molar-refractivity contribution in [2.24, 2.45) is 10.8 Å². The second-order valence-electron chi connectivity index (χ2n) is 8.82. The average molecular weight is 414 g/mol. The molecule has 1 saturated heterocycles. The zero-order chi connectivity index (χ0) is 22.1. The molecule has 0 aromatic heterocycles. The Morgan fingerprint density at radius 1 is 1.10 bits per heavy atom. The summed E-state index contributed by atoms with van der Waals surface area (Å²) in [5.41, 5.74) is -0.770. The van der Waals surface area contributed by atoms with Crippen LogP contribution in [0.15, 0.2) is 0 Å². The highest BCUT2D eigenvalue weighted by molar-refractivity contribution is 6.02. The molecule has 0 aromatic rings. The molecule has 9 nitrogen and oxygen atoms in total. The summed E-state index contributed by atoms with van der Waals surface area (Å²) in [4.78, 5) is 40.5. The molecule has 0 bridgehead atoms. The Bertz CT molecular complexity index is 587. The Morgan fingerprint density at radius 2 is 1.76 bits per heavy atom. The third-order valence-electron chi connectivity index (χ3n) is 4.29. The number of hydrogen-bond donors (Lipinski definition) is 2. The predicted octanol–water partition coefficient (Wildman–Crippen LogP) is 2.05. The van der Waals surface area contributed by atoms with Crippen LogP contribution in [0.4, 0.5) is 0 Å². The highest BCUT2D eigenvalue weighted by Crippen LogP contribution is 2.24. The van der Waals surface area contributed by atoms with E-state index < -0.39 is 11.4 Å². The van der Waals surface area contributed by atoms with Gasteiger partial charge in [-0.2, -0.15) is 0 Å². The summed E-state index contributed by atoms with van der Waals surface area (Å²) in [6, 6.07) is 0. The summed E-state index contributed by atoms with van der Waals surface area (Å²) >= 11 is 0. The van der Waals surface area contributed by atoms with E-state index in [2.05, 4.69) is 5.32 Å². The number of hydrogen-bond acceptors (Lipinski definition) is 7. The molecule has 0 atom stereocenters. The highest BCUT2D eigenvalue weighted by atomic mass is 16.7. The number of carbonyl (C=O) groups excluding carboxylic acids is 3. The zero-order valence-corrected chi connectivity index (χ0v) is 18.3. The average Bonchev–Trinajstić information content (AvgIpc) is 2.91. The lowest BCUT2D eigenvalue weighted by Crippen LogP contribution is -2.38. The Kier molecular flexibility index (Phi) is 9.72. The van der Waals surface area contributed by atoms with Gasteiger partial charge in [0.1, 0.15) is 5.84 Å². The molecule has 1 heterocycles. The van der Waals surface area contributed by atoms with Crippen LogP contribution in [0.3, 0.4) is 0 Å². The van der Waals surface area contributed by atoms with Crippen molar-refractivity contribution in [1.29, 1.82) is 5.41 Å². The van der Waals surface area contributed by atoms with Crippen LogP contribution in [0.5, 0.6) is 0 Å². The molecular formula is C20H35N3O6. The Hall–Kier alpha value is -2.00. The second-order valence-corrected chi connectivity index (χ2v) is 8.82. The van der Waals surface area contributed by atoms with E-state index in [9.17, 15) is 14.4 Å². The van der Waals surface area contributed by atoms with Gasteiger partial charge in [0.15, 0.2) is 0 Å². The maximum atomic E-state index is 12.1. The zero-order valence-electron chi connectivity index (χ0n) is 18.3. The summed E-state index contributed by atoms with van der Waals surface area (Å²) in [5.74, 6) is -0.999. The number of amides is 2. The lowest BCUT2D eigenvalue weighted by atomic mass is 9.90. The molecule has 2 amide bonds. The minimum absolute atomic E-state index is 0.00228.